The zero-order valence-corrected chi connectivity index (χ0v) is 7.85. The molecular weight excluding hydrogens is 228 g/mol. The highest BCUT2D eigenvalue weighted by atomic mass is 79.9. The largest absolute Gasteiger partial charge is 0.478 e. The van der Waals surface area contributed by atoms with Crippen molar-refractivity contribution in [3.05, 3.63) is 26.9 Å². The van der Waals surface area contributed by atoms with Gasteiger partial charge < -0.3 is 5.11 Å². The standard InChI is InChI=1S/C7H5BrO2S/c8-5-3-4-11-6(5)1-2-7(9)10/h1-4H,(H,9,10). The Morgan fingerprint density at radius 3 is 2.91 bits per heavy atom. The van der Waals surface area contributed by atoms with E-state index in [1.54, 1.807) is 6.08 Å². The predicted octanol–water partition coefficient (Wildman–Crippen LogP) is 2.61. The van der Waals surface area contributed by atoms with Crippen LogP contribution in [0.5, 0.6) is 0 Å². The number of hydrogen-bond donors (Lipinski definition) is 1. The first-order chi connectivity index (χ1) is 5.20. The molecule has 0 amide bonds. The molecule has 1 heterocycles. The lowest BCUT2D eigenvalue weighted by Crippen LogP contribution is -1.84. The second kappa shape index (κ2) is 3.69. The third kappa shape index (κ3) is 2.48. The van der Waals surface area contributed by atoms with Crippen LogP contribution in [0.1, 0.15) is 4.88 Å². The van der Waals surface area contributed by atoms with Gasteiger partial charge in [-0.2, -0.15) is 0 Å². The van der Waals surface area contributed by atoms with Gasteiger partial charge in [0.05, 0.1) is 0 Å². The first-order valence-electron chi connectivity index (χ1n) is 2.84. The van der Waals surface area contributed by atoms with E-state index in [1.165, 1.54) is 11.3 Å². The molecule has 4 heteroatoms. The van der Waals surface area contributed by atoms with Crippen LogP contribution in [0.25, 0.3) is 6.08 Å². The van der Waals surface area contributed by atoms with E-state index in [0.29, 0.717) is 0 Å². The molecule has 2 nitrogen and oxygen atoms in total. The predicted molar refractivity (Wildman–Crippen MR) is 48.7 cm³/mol. The Bertz CT molecular complexity index is 290. The summed E-state index contributed by atoms with van der Waals surface area (Å²) in [4.78, 5) is 11.0. The van der Waals surface area contributed by atoms with Gasteiger partial charge in [0.1, 0.15) is 0 Å². The number of hydrogen-bond acceptors (Lipinski definition) is 2. The van der Waals surface area contributed by atoms with Crippen molar-refractivity contribution in [2.24, 2.45) is 0 Å². The molecule has 1 aromatic rings. The van der Waals surface area contributed by atoms with Crippen LogP contribution in [0.3, 0.4) is 0 Å². The van der Waals surface area contributed by atoms with Gasteiger partial charge in [-0.05, 0) is 33.5 Å². The van der Waals surface area contributed by atoms with Crippen molar-refractivity contribution in [1.82, 2.24) is 0 Å². The fraction of sp³-hybridized carbons (Fsp3) is 0. The molecular formula is C7H5BrO2S. The second-order valence-corrected chi connectivity index (χ2v) is 3.61. The molecule has 0 bridgehead atoms. The molecule has 0 fully saturated rings. The number of carboxylic acids is 1. The summed E-state index contributed by atoms with van der Waals surface area (Å²) in [7, 11) is 0. The van der Waals surface area contributed by atoms with E-state index >= 15 is 0 Å². The molecule has 0 aromatic carbocycles. The van der Waals surface area contributed by atoms with Gasteiger partial charge in [0.15, 0.2) is 0 Å². The highest BCUT2D eigenvalue weighted by Gasteiger charge is 1.96. The van der Waals surface area contributed by atoms with Crippen molar-refractivity contribution in [2.45, 2.75) is 0 Å². The molecule has 0 atom stereocenters. The van der Waals surface area contributed by atoms with E-state index in [4.69, 9.17) is 5.11 Å². The normalized spacial score (nSPS) is 10.6. The van der Waals surface area contributed by atoms with Gasteiger partial charge in [0, 0.05) is 15.4 Å². The maximum Gasteiger partial charge on any atom is 0.328 e. The number of halogens is 1. The van der Waals surface area contributed by atoms with Gasteiger partial charge in [-0.3, -0.25) is 0 Å². The van der Waals surface area contributed by atoms with Crippen molar-refractivity contribution in [2.75, 3.05) is 0 Å². The number of carbonyl (C=O) groups is 1. The summed E-state index contributed by atoms with van der Waals surface area (Å²) in [5, 5.41) is 10.2. The second-order valence-electron chi connectivity index (χ2n) is 1.80. The average molecular weight is 233 g/mol. The Balaban J connectivity index is 2.79. The maximum atomic E-state index is 10.1. The first kappa shape index (κ1) is 8.49. The molecule has 0 saturated carbocycles. The summed E-state index contributed by atoms with van der Waals surface area (Å²) < 4.78 is 0.931. The van der Waals surface area contributed by atoms with Gasteiger partial charge in [-0.25, -0.2) is 4.79 Å². The summed E-state index contributed by atoms with van der Waals surface area (Å²) in [5.41, 5.74) is 0. The lowest BCUT2D eigenvalue weighted by molar-refractivity contribution is -0.131. The minimum atomic E-state index is -0.926. The lowest BCUT2D eigenvalue weighted by Gasteiger charge is -1.84. The SMILES string of the molecule is O=C(O)C=Cc1sccc1Br. The summed E-state index contributed by atoms with van der Waals surface area (Å²) in [6, 6.07) is 1.88. The quantitative estimate of drug-likeness (QED) is 0.797. The lowest BCUT2D eigenvalue weighted by atomic mass is 10.4. The van der Waals surface area contributed by atoms with Gasteiger partial charge in [0.25, 0.3) is 0 Å². The molecule has 0 radical (unpaired) electrons. The molecule has 58 valence electrons. The number of thiophene rings is 1. The van der Waals surface area contributed by atoms with E-state index in [0.717, 1.165) is 15.4 Å². The number of carboxylic acid groups (broad SMARTS) is 1. The van der Waals surface area contributed by atoms with E-state index in [1.807, 2.05) is 11.4 Å². The summed E-state index contributed by atoms with van der Waals surface area (Å²) in [6.07, 6.45) is 2.69. The van der Waals surface area contributed by atoms with Crippen molar-refractivity contribution in [3.8, 4) is 0 Å². The topological polar surface area (TPSA) is 37.3 Å². The van der Waals surface area contributed by atoms with Crippen LogP contribution in [0, 0.1) is 0 Å². The molecule has 0 unspecified atom stereocenters. The molecule has 0 saturated heterocycles. The van der Waals surface area contributed by atoms with E-state index < -0.39 is 5.97 Å². The Hall–Kier alpha value is -0.610. The highest BCUT2D eigenvalue weighted by Crippen LogP contribution is 2.23. The molecule has 11 heavy (non-hydrogen) atoms. The van der Waals surface area contributed by atoms with E-state index in [9.17, 15) is 4.79 Å². The third-order valence-corrected chi connectivity index (χ3v) is 2.86. The van der Waals surface area contributed by atoms with Crippen LogP contribution in [-0.4, -0.2) is 11.1 Å². The van der Waals surface area contributed by atoms with Crippen molar-refractivity contribution >= 4 is 39.3 Å². The molecule has 1 aromatic heterocycles. The molecule has 0 aliphatic heterocycles. The van der Waals surface area contributed by atoms with Gasteiger partial charge in [0.2, 0.25) is 0 Å². The molecule has 1 rings (SSSR count). The van der Waals surface area contributed by atoms with Gasteiger partial charge in [-0.15, -0.1) is 11.3 Å². The fourth-order valence-electron chi connectivity index (χ4n) is 0.571. The van der Waals surface area contributed by atoms with E-state index in [-0.39, 0.29) is 0 Å². The van der Waals surface area contributed by atoms with E-state index in [2.05, 4.69) is 15.9 Å². The minimum absolute atomic E-state index is 0.924. The Labute approximate surface area is 76.3 Å². The molecule has 0 aliphatic carbocycles. The van der Waals surface area contributed by atoms with Gasteiger partial charge in [-0.1, -0.05) is 0 Å². The Morgan fingerprint density at radius 2 is 2.45 bits per heavy atom. The monoisotopic (exact) mass is 232 g/mol. The smallest absolute Gasteiger partial charge is 0.328 e. The summed E-state index contributed by atoms with van der Waals surface area (Å²) >= 11 is 4.78. The van der Waals surface area contributed by atoms with Crippen LogP contribution in [0.2, 0.25) is 0 Å². The summed E-state index contributed by atoms with van der Waals surface area (Å²) in [5.74, 6) is -0.926. The van der Waals surface area contributed by atoms with Crippen LogP contribution in [0.4, 0.5) is 0 Å². The Kier molecular flexibility index (Phi) is 2.84. The first-order valence-corrected chi connectivity index (χ1v) is 4.51. The summed E-state index contributed by atoms with van der Waals surface area (Å²) in [6.45, 7) is 0. The molecule has 0 aliphatic rings. The maximum absolute atomic E-state index is 10.1. The Morgan fingerprint density at radius 1 is 1.73 bits per heavy atom. The zero-order valence-electron chi connectivity index (χ0n) is 5.45. The third-order valence-electron chi connectivity index (χ3n) is 1.02. The average Bonchev–Trinajstić information content (AvgIpc) is 2.31. The van der Waals surface area contributed by atoms with Crippen LogP contribution in [-0.2, 0) is 4.79 Å². The van der Waals surface area contributed by atoms with Crippen LogP contribution < -0.4 is 0 Å². The van der Waals surface area contributed by atoms with Crippen LogP contribution >= 0.6 is 27.3 Å². The number of rotatable bonds is 2. The van der Waals surface area contributed by atoms with Crippen molar-refractivity contribution < 1.29 is 9.90 Å². The highest BCUT2D eigenvalue weighted by molar-refractivity contribution is 9.10. The zero-order chi connectivity index (χ0) is 8.27. The fourth-order valence-corrected chi connectivity index (χ4v) is 1.97. The molecule has 0 spiro atoms. The minimum Gasteiger partial charge on any atom is -0.478 e. The van der Waals surface area contributed by atoms with Crippen molar-refractivity contribution in [1.29, 1.82) is 0 Å². The van der Waals surface area contributed by atoms with Gasteiger partial charge >= 0.3 is 5.97 Å². The molecule has 1 N–H and O–H groups in total. The van der Waals surface area contributed by atoms with Crippen molar-refractivity contribution in [3.63, 3.8) is 0 Å². The number of aliphatic carboxylic acids is 1. The van der Waals surface area contributed by atoms with Crippen LogP contribution in [0.15, 0.2) is 22.0 Å².